The number of nitrogens with one attached hydrogen (secondary N) is 2. The third kappa shape index (κ3) is 4.98. The van der Waals surface area contributed by atoms with Gasteiger partial charge in [-0.3, -0.25) is 4.98 Å². The van der Waals surface area contributed by atoms with Gasteiger partial charge in [-0.25, -0.2) is 4.79 Å². The summed E-state index contributed by atoms with van der Waals surface area (Å²) in [5.41, 5.74) is 3.18. The molecule has 3 rings (SSSR count). The number of rotatable bonds is 7. The number of hydrogen-bond acceptors (Lipinski definition) is 3. The molecule has 24 heavy (non-hydrogen) atoms. The Bertz CT molecular complexity index is 684. The molecule has 1 heterocycles. The number of urea groups is 1. The van der Waals surface area contributed by atoms with Crippen LogP contribution in [0.4, 0.5) is 4.79 Å². The lowest BCUT2D eigenvalue weighted by molar-refractivity contribution is 0.239. The van der Waals surface area contributed by atoms with Crippen molar-refractivity contribution in [2.45, 2.75) is 32.9 Å². The topological polar surface area (TPSA) is 63.2 Å². The third-order valence-electron chi connectivity index (χ3n) is 4.04. The van der Waals surface area contributed by atoms with Crippen molar-refractivity contribution >= 4 is 6.03 Å². The number of amides is 2. The van der Waals surface area contributed by atoms with E-state index in [4.69, 9.17) is 4.74 Å². The van der Waals surface area contributed by atoms with E-state index in [2.05, 4.69) is 15.6 Å². The molecule has 1 fully saturated rings. The minimum Gasteiger partial charge on any atom is -0.493 e. The van der Waals surface area contributed by atoms with E-state index in [0.717, 1.165) is 29.0 Å². The maximum absolute atomic E-state index is 12.0. The van der Waals surface area contributed by atoms with Crippen LogP contribution in [0.1, 0.15) is 29.5 Å². The van der Waals surface area contributed by atoms with Crippen molar-refractivity contribution in [2.24, 2.45) is 5.92 Å². The zero-order valence-electron chi connectivity index (χ0n) is 13.9. The maximum Gasteiger partial charge on any atom is 0.315 e. The van der Waals surface area contributed by atoms with Crippen LogP contribution in [-0.2, 0) is 13.1 Å². The molecule has 0 bridgehead atoms. The van der Waals surface area contributed by atoms with Crippen LogP contribution in [0, 0.1) is 12.8 Å². The minimum atomic E-state index is -0.194. The van der Waals surface area contributed by atoms with Crippen LogP contribution in [-0.4, -0.2) is 17.6 Å². The van der Waals surface area contributed by atoms with Crippen molar-refractivity contribution in [3.63, 3.8) is 0 Å². The highest BCUT2D eigenvalue weighted by atomic mass is 16.5. The molecule has 1 aromatic carbocycles. The molecule has 2 aromatic rings. The van der Waals surface area contributed by atoms with Crippen molar-refractivity contribution in [1.29, 1.82) is 0 Å². The molecular formula is C19H23N3O2. The summed E-state index contributed by atoms with van der Waals surface area (Å²) in [7, 11) is 0. The number of ether oxygens (including phenoxy) is 1. The van der Waals surface area contributed by atoms with Crippen LogP contribution in [0.5, 0.6) is 5.75 Å². The Hall–Kier alpha value is -2.56. The van der Waals surface area contributed by atoms with Gasteiger partial charge in [0.05, 0.1) is 6.61 Å². The molecule has 0 saturated heterocycles. The van der Waals surface area contributed by atoms with Gasteiger partial charge in [0.2, 0.25) is 0 Å². The fourth-order valence-electron chi connectivity index (χ4n) is 2.36. The predicted octanol–water partition coefficient (Wildman–Crippen LogP) is 3.18. The lowest BCUT2D eigenvalue weighted by Crippen LogP contribution is -2.34. The van der Waals surface area contributed by atoms with Gasteiger partial charge in [-0.15, -0.1) is 0 Å². The second-order valence-corrected chi connectivity index (χ2v) is 6.26. The molecule has 0 radical (unpaired) electrons. The van der Waals surface area contributed by atoms with E-state index in [0.29, 0.717) is 19.0 Å². The molecular weight excluding hydrogens is 302 g/mol. The van der Waals surface area contributed by atoms with Crippen LogP contribution in [0.15, 0.2) is 42.7 Å². The van der Waals surface area contributed by atoms with Crippen molar-refractivity contribution in [2.75, 3.05) is 6.61 Å². The van der Waals surface area contributed by atoms with Crippen molar-refractivity contribution in [3.8, 4) is 5.75 Å². The fraction of sp³-hybridized carbons (Fsp3) is 0.368. The van der Waals surface area contributed by atoms with E-state index in [1.807, 2.05) is 37.3 Å². The maximum atomic E-state index is 12.0. The zero-order valence-corrected chi connectivity index (χ0v) is 13.9. The van der Waals surface area contributed by atoms with Crippen molar-refractivity contribution in [3.05, 3.63) is 59.4 Å². The Kier molecular flexibility index (Phi) is 5.31. The number of pyridine rings is 1. The Morgan fingerprint density at radius 3 is 2.67 bits per heavy atom. The number of aromatic nitrogens is 1. The first-order chi connectivity index (χ1) is 11.7. The van der Waals surface area contributed by atoms with Crippen molar-refractivity contribution in [1.82, 2.24) is 15.6 Å². The summed E-state index contributed by atoms with van der Waals surface area (Å²) in [5.74, 6) is 1.58. The summed E-state index contributed by atoms with van der Waals surface area (Å²) in [6.45, 7) is 3.74. The summed E-state index contributed by atoms with van der Waals surface area (Å²) < 4.78 is 5.92. The van der Waals surface area contributed by atoms with Gasteiger partial charge in [-0.05, 0) is 55.0 Å². The highest BCUT2D eigenvalue weighted by molar-refractivity contribution is 5.73. The monoisotopic (exact) mass is 325 g/mol. The number of carbonyl (C=O) groups excluding carboxylic acids is 1. The molecule has 1 aliphatic carbocycles. The molecule has 1 aromatic heterocycles. The summed E-state index contributed by atoms with van der Waals surface area (Å²) in [6, 6.07) is 9.65. The average molecular weight is 325 g/mol. The standard InChI is InChI=1S/C19H23N3O2/c1-14-2-5-17(18(10-14)24-13-16-3-4-16)12-22-19(23)21-11-15-6-8-20-9-7-15/h2,5-10,16H,3-4,11-13H2,1H3,(H2,21,22,23). The van der Waals surface area contributed by atoms with E-state index >= 15 is 0 Å². The number of nitrogens with zero attached hydrogens (tertiary/aromatic N) is 1. The Morgan fingerprint density at radius 2 is 1.92 bits per heavy atom. The number of carbonyl (C=O) groups is 1. The molecule has 0 unspecified atom stereocenters. The Morgan fingerprint density at radius 1 is 1.17 bits per heavy atom. The van der Waals surface area contributed by atoms with Crippen LogP contribution in [0.25, 0.3) is 0 Å². The van der Waals surface area contributed by atoms with Crippen LogP contribution >= 0.6 is 0 Å². The molecule has 0 aliphatic heterocycles. The summed E-state index contributed by atoms with van der Waals surface area (Å²) in [6.07, 6.45) is 5.95. The highest BCUT2D eigenvalue weighted by Crippen LogP contribution is 2.30. The molecule has 5 nitrogen and oxygen atoms in total. The molecule has 126 valence electrons. The van der Waals surface area contributed by atoms with Gasteiger partial charge in [0.15, 0.2) is 0 Å². The van der Waals surface area contributed by atoms with E-state index in [1.54, 1.807) is 12.4 Å². The van der Waals surface area contributed by atoms with Crippen molar-refractivity contribution < 1.29 is 9.53 Å². The largest absolute Gasteiger partial charge is 0.493 e. The normalized spacial score (nSPS) is 13.4. The first-order valence-corrected chi connectivity index (χ1v) is 8.33. The van der Waals surface area contributed by atoms with Gasteiger partial charge in [-0.2, -0.15) is 0 Å². The van der Waals surface area contributed by atoms with Gasteiger partial charge in [0.25, 0.3) is 0 Å². The van der Waals surface area contributed by atoms with Crippen LogP contribution in [0.2, 0.25) is 0 Å². The van der Waals surface area contributed by atoms with Gasteiger partial charge in [0, 0.05) is 31.0 Å². The molecule has 0 spiro atoms. The molecule has 5 heteroatoms. The SMILES string of the molecule is Cc1ccc(CNC(=O)NCc2ccncc2)c(OCC2CC2)c1. The third-order valence-corrected chi connectivity index (χ3v) is 4.04. The van der Waals surface area contributed by atoms with E-state index in [-0.39, 0.29) is 6.03 Å². The Labute approximate surface area is 142 Å². The first kappa shape index (κ1) is 16.3. The van der Waals surface area contributed by atoms with Gasteiger partial charge < -0.3 is 15.4 Å². The smallest absolute Gasteiger partial charge is 0.315 e. The molecule has 0 atom stereocenters. The lowest BCUT2D eigenvalue weighted by Gasteiger charge is -2.13. The molecule has 2 N–H and O–H groups in total. The van der Waals surface area contributed by atoms with Gasteiger partial charge >= 0.3 is 6.03 Å². The molecule has 1 aliphatic rings. The zero-order chi connectivity index (χ0) is 16.8. The Balaban J connectivity index is 1.50. The lowest BCUT2D eigenvalue weighted by atomic mass is 10.1. The predicted molar refractivity (Wildman–Crippen MR) is 92.7 cm³/mol. The average Bonchev–Trinajstić information content (AvgIpc) is 3.42. The second-order valence-electron chi connectivity index (χ2n) is 6.26. The number of benzene rings is 1. The van der Waals surface area contributed by atoms with Crippen LogP contribution in [0.3, 0.4) is 0 Å². The molecule has 2 amide bonds. The van der Waals surface area contributed by atoms with E-state index in [1.165, 1.54) is 12.8 Å². The summed E-state index contributed by atoms with van der Waals surface area (Å²) in [5, 5.41) is 5.73. The highest BCUT2D eigenvalue weighted by Gasteiger charge is 2.22. The summed E-state index contributed by atoms with van der Waals surface area (Å²) >= 11 is 0. The minimum absolute atomic E-state index is 0.194. The fourth-order valence-corrected chi connectivity index (χ4v) is 2.36. The number of aryl methyl sites for hydroxylation is 1. The van der Waals surface area contributed by atoms with Gasteiger partial charge in [-0.1, -0.05) is 12.1 Å². The molecule has 1 saturated carbocycles. The summed E-state index contributed by atoms with van der Waals surface area (Å²) in [4.78, 5) is 15.9. The van der Waals surface area contributed by atoms with Gasteiger partial charge in [0.1, 0.15) is 5.75 Å². The van der Waals surface area contributed by atoms with E-state index in [9.17, 15) is 4.79 Å². The number of hydrogen-bond donors (Lipinski definition) is 2. The van der Waals surface area contributed by atoms with E-state index < -0.39 is 0 Å². The second kappa shape index (κ2) is 7.81. The van der Waals surface area contributed by atoms with Crippen LogP contribution < -0.4 is 15.4 Å². The quantitative estimate of drug-likeness (QED) is 0.822. The first-order valence-electron chi connectivity index (χ1n) is 8.33.